The number of benzene rings is 1. The smallest absolute Gasteiger partial charge is 0.405 e. The summed E-state index contributed by atoms with van der Waals surface area (Å²) in [5, 5.41) is 0. The zero-order valence-electron chi connectivity index (χ0n) is 12.0. The Kier molecular flexibility index (Phi) is 3.94. The van der Waals surface area contributed by atoms with Crippen LogP contribution in [-0.2, 0) is 9.47 Å². The molecule has 1 aliphatic carbocycles. The first-order valence-corrected chi connectivity index (χ1v) is 7.30. The normalized spacial score (nSPS) is 22.1. The van der Waals surface area contributed by atoms with Gasteiger partial charge in [-0.3, -0.25) is 0 Å². The van der Waals surface area contributed by atoms with Gasteiger partial charge in [0, 0.05) is 18.5 Å². The highest BCUT2D eigenvalue weighted by atomic mass is 19.4. The van der Waals surface area contributed by atoms with Crippen molar-refractivity contribution in [2.24, 2.45) is 0 Å². The molecule has 1 aromatic rings. The molecule has 0 unspecified atom stereocenters. The summed E-state index contributed by atoms with van der Waals surface area (Å²) in [4.78, 5) is 0. The van der Waals surface area contributed by atoms with Crippen LogP contribution in [0.25, 0.3) is 0 Å². The highest BCUT2D eigenvalue weighted by molar-refractivity contribution is 5.49. The number of hydrogen-bond acceptors (Lipinski definition) is 4. The Labute approximate surface area is 126 Å². The summed E-state index contributed by atoms with van der Waals surface area (Å²) in [7, 11) is 0. The number of ether oxygens (including phenoxy) is 3. The standard InChI is InChI=1S/C15H18F3NO3/c16-15(17,18)22-13-2-1-11(19)9-12(13)10-3-5-14(6-4-10)20-7-8-21-14/h1-2,9-10H,3-8,19H2. The number of anilines is 1. The fourth-order valence-electron chi connectivity index (χ4n) is 3.26. The Balaban J connectivity index is 1.78. The SMILES string of the molecule is Nc1ccc(OC(F)(F)F)c(C2CCC3(CC2)OCCO3)c1. The fraction of sp³-hybridized carbons (Fsp3) is 0.600. The van der Waals surface area contributed by atoms with Crippen LogP contribution in [0.4, 0.5) is 18.9 Å². The van der Waals surface area contributed by atoms with Gasteiger partial charge in [0.05, 0.1) is 13.2 Å². The van der Waals surface area contributed by atoms with E-state index in [-0.39, 0.29) is 11.7 Å². The van der Waals surface area contributed by atoms with Gasteiger partial charge in [0.2, 0.25) is 0 Å². The molecule has 0 radical (unpaired) electrons. The van der Waals surface area contributed by atoms with Crippen molar-refractivity contribution in [2.45, 2.75) is 43.8 Å². The second kappa shape index (κ2) is 5.62. The van der Waals surface area contributed by atoms with Crippen molar-refractivity contribution in [1.82, 2.24) is 0 Å². The van der Waals surface area contributed by atoms with Gasteiger partial charge in [-0.25, -0.2) is 0 Å². The largest absolute Gasteiger partial charge is 0.573 e. The number of rotatable bonds is 2. The molecule has 2 N–H and O–H groups in total. The van der Waals surface area contributed by atoms with Gasteiger partial charge in [0.1, 0.15) is 5.75 Å². The third-order valence-corrected chi connectivity index (χ3v) is 4.26. The molecule has 0 aromatic heterocycles. The van der Waals surface area contributed by atoms with E-state index >= 15 is 0 Å². The van der Waals surface area contributed by atoms with E-state index in [1.165, 1.54) is 12.1 Å². The quantitative estimate of drug-likeness (QED) is 0.847. The molecule has 0 bridgehead atoms. The number of alkyl halides is 3. The monoisotopic (exact) mass is 317 g/mol. The van der Waals surface area contributed by atoms with Crippen molar-refractivity contribution in [2.75, 3.05) is 18.9 Å². The van der Waals surface area contributed by atoms with Crippen molar-refractivity contribution in [3.8, 4) is 5.75 Å². The van der Waals surface area contributed by atoms with E-state index in [0.717, 1.165) is 0 Å². The summed E-state index contributed by atoms with van der Waals surface area (Å²) in [6, 6.07) is 4.27. The average Bonchev–Trinajstić information content (AvgIpc) is 2.89. The molecule has 1 saturated heterocycles. The summed E-state index contributed by atoms with van der Waals surface area (Å²) < 4.78 is 53.0. The molecule has 4 nitrogen and oxygen atoms in total. The lowest BCUT2D eigenvalue weighted by Crippen LogP contribution is -2.34. The van der Waals surface area contributed by atoms with Crippen LogP contribution in [0.2, 0.25) is 0 Å². The minimum Gasteiger partial charge on any atom is -0.405 e. The summed E-state index contributed by atoms with van der Waals surface area (Å²) in [5.74, 6) is -0.753. The minimum absolute atomic E-state index is 0.0423. The molecule has 1 spiro atoms. The lowest BCUT2D eigenvalue weighted by atomic mass is 9.80. The molecule has 7 heteroatoms. The Bertz CT molecular complexity index is 531. The zero-order valence-corrected chi connectivity index (χ0v) is 12.0. The molecule has 22 heavy (non-hydrogen) atoms. The van der Waals surface area contributed by atoms with Gasteiger partial charge in [-0.15, -0.1) is 13.2 Å². The number of nitrogen functional groups attached to an aromatic ring is 1. The first-order valence-electron chi connectivity index (χ1n) is 7.30. The second-order valence-electron chi connectivity index (χ2n) is 5.73. The molecular formula is C15H18F3NO3. The molecule has 2 fully saturated rings. The molecule has 1 saturated carbocycles. The highest BCUT2D eigenvalue weighted by Gasteiger charge is 2.41. The molecule has 1 aliphatic heterocycles. The van der Waals surface area contributed by atoms with E-state index in [9.17, 15) is 13.2 Å². The third-order valence-electron chi connectivity index (χ3n) is 4.26. The van der Waals surface area contributed by atoms with Crippen molar-refractivity contribution in [3.05, 3.63) is 23.8 Å². The molecule has 1 aromatic carbocycles. The number of hydrogen-bond donors (Lipinski definition) is 1. The lowest BCUT2D eigenvalue weighted by Gasteiger charge is -2.36. The Morgan fingerprint density at radius 1 is 1.14 bits per heavy atom. The summed E-state index contributed by atoms with van der Waals surface area (Å²) in [6.45, 7) is 1.15. The molecule has 1 heterocycles. The van der Waals surface area contributed by atoms with E-state index in [4.69, 9.17) is 15.2 Å². The number of halogens is 3. The van der Waals surface area contributed by atoms with Gasteiger partial charge in [-0.05, 0) is 42.5 Å². The Morgan fingerprint density at radius 2 is 1.77 bits per heavy atom. The maximum atomic E-state index is 12.5. The van der Waals surface area contributed by atoms with Gasteiger partial charge in [0.15, 0.2) is 5.79 Å². The fourth-order valence-corrected chi connectivity index (χ4v) is 3.26. The van der Waals surface area contributed by atoms with Gasteiger partial charge in [0.25, 0.3) is 0 Å². The predicted octanol–water partition coefficient (Wildman–Crippen LogP) is 3.57. The van der Waals surface area contributed by atoms with Crippen LogP contribution in [0.1, 0.15) is 37.2 Å². The first-order chi connectivity index (χ1) is 10.4. The molecular weight excluding hydrogens is 299 g/mol. The van der Waals surface area contributed by atoms with Gasteiger partial charge >= 0.3 is 6.36 Å². The van der Waals surface area contributed by atoms with Crippen LogP contribution in [0, 0.1) is 0 Å². The number of nitrogens with two attached hydrogens (primary N) is 1. The van der Waals surface area contributed by atoms with Crippen molar-refractivity contribution in [3.63, 3.8) is 0 Å². The topological polar surface area (TPSA) is 53.7 Å². The lowest BCUT2D eigenvalue weighted by molar-refractivity contribution is -0.275. The van der Waals surface area contributed by atoms with Crippen LogP contribution in [0.5, 0.6) is 5.75 Å². The summed E-state index contributed by atoms with van der Waals surface area (Å²) in [5.41, 5.74) is 6.66. The molecule has 0 amide bonds. The van der Waals surface area contributed by atoms with Crippen molar-refractivity contribution < 1.29 is 27.4 Å². The molecule has 2 aliphatic rings. The van der Waals surface area contributed by atoms with E-state index < -0.39 is 12.1 Å². The van der Waals surface area contributed by atoms with Crippen LogP contribution in [0.15, 0.2) is 18.2 Å². The van der Waals surface area contributed by atoms with Crippen LogP contribution >= 0.6 is 0 Å². The first kappa shape index (κ1) is 15.4. The molecule has 0 atom stereocenters. The average molecular weight is 317 g/mol. The van der Waals surface area contributed by atoms with Gasteiger partial charge in [-0.1, -0.05) is 0 Å². The summed E-state index contributed by atoms with van der Waals surface area (Å²) in [6.07, 6.45) is -2.02. The van der Waals surface area contributed by atoms with Crippen molar-refractivity contribution in [1.29, 1.82) is 0 Å². The van der Waals surface area contributed by atoms with Gasteiger partial charge in [-0.2, -0.15) is 0 Å². The third kappa shape index (κ3) is 3.30. The Morgan fingerprint density at radius 3 is 2.36 bits per heavy atom. The van der Waals surface area contributed by atoms with Crippen LogP contribution < -0.4 is 10.5 Å². The minimum atomic E-state index is -4.71. The Hall–Kier alpha value is -1.47. The zero-order chi connectivity index (χ0) is 15.8. The maximum Gasteiger partial charge on any atom is 0.573 e. The van der Waals surface area contributed by atoms with E-state index in [1.54, 1.807) is 6.07 Å². The molecule has 122 valence electrons. The van der Waals surface area contributed by atoms with Crippen molar-refractivity contribution >= 4 is 5.69 Å². The van der Waals surface area contributed by atoms with Crippen LogP contribution in [0.3, 0.4) is 0 Å². The molecule has 3 rings (SSSR count). The van der Waals surface area contributed by atoms with E-state index in [0.29, 0.717) is 50.1 Å². The predicted molar refractivity (Wildman–Crippen MR) is 73.4 cm³/mol. The summed E-state index contributed by atoms with van der Waals surface area (Å²) >= 11 is 0. The maximum absolute atomic E-state index is 12.5. The van der Waals surface area contributed by atoms with E-state index in [2.05, 4.69) is 4.74 Å². The van der Waals surface area contributed by atoms with E-state index in [1.807, 2.05) is 0 Å². The second-order valence-corrected chi connectivity index (χ2v) is 5.73. The van der Waals surface area contributed by atoms with Gasteiger partial charge < -0.3 is 19.9 Å². The highest BCUT2D eigenvalue weighted by Crippen LogP contribution is 2.45. The van der Waals surface area contributed by atoms with Crippen LogP contribution in [-0.4, -0.2) is 25.4 Å².